The molecule has 6 nitrogen and oxygen atoms in total. The molecule has 0 radical (unpaired) electrons. The van der Waals surface area contributed by atoms with Gasteiger partial charge in [-0.25, -0.2) is 4.98 Å². The maximum atomic E-state index is 12.8. The number of aromatic nitrogens is 2. The van der Waals surface area contributed by atoms with Crippen LogP contribution in [-0.2, 0) is 12.8 Å². The Balaban J connectivity index is 1.79. The number of aromatic amines is 1. The van der Waals surface area contributed by atoms with Gasteiger partial charge in [0.05, 0.1) is 23.9 Å². The largest absolute Gasteiger partial charge is 0.416 e. The van der Waals surface area contributed by atoms with Gasteiger partial charge in [-0.3, -0.25) is 4.79 Å². The quantitative estimate of drug-likeness (QED) is 0.469. The van der Waals surface area contributed by atoms with Crippen molar-refractivity contribution in [3.05, 3.63) is 63.7 Å². The Morgan fingerprint density at radius 1 is 1.23 bits per heavy atom. The first-order chi connectivity index (χ1) is 14.0. The summed E-state index contributed by atoms with van der Waals surface area (Å²) in [5.74, 6) is -0.433. The minimum Gasteiger partial charge on any atom is -0.390 e. The minimum atomic E-state index is -4.41. The van der Waals surface area contributed by atoms with Gasteiger partial charge in [-0.1, -0.05) is 12.1 Å². The molecule has 160 valence electrons. The molecule has 0 aliphatic heterocycles. The van der Waals surface area contributed by atoms with E-state index in [0.29, 0.717) is 22.0 Å². The van der Waals surface area contributed by atoms with Gasteiger partial charge in [0.25, 0.3) is 5.91 Å². The number of carbonyl (C=O) groups is 1. The summed E-state index contributed by atoms with van der Waals surface area (Å²) in [6.45, 7) is 3.29. The standard InChI is InChI=1S/C20H21F3N4O2S/c1-19(2,24)16(18-25-13(9-28)10-30-18)27-17(29)15-8-7-14(26-15)11-3-5-12(6-4-11)20(21,22)23/h3-8,10,16,26,28H,9,24H2,1-2H3,(H,27,29)/t16-/m0/s1. The van der Waals surface area contributed by atoms with Crippen molar-refractivity contribution in [2.24, 2.45) is 5.73 Å². The fraction of sp³-hybridized carbons (Fsp3) is 0.300. The van der Waals surface area contributed by atoms with Crippen LogP contribution in [-0.4, -0.2) is 26.5 Å². The van der Waals surface area contributed by atoms with Gasteiger partial charge < -0.3 is 21.1 Å². The average molecular weight is 438 g/mol. The zero-order chi connectivity index (χ0) is 22.1. The third kappa shape index (κ3) is 4.89. The number of hydrogen-bond acceptors (Lipinski definition) is 5. The summed E-state index contributed by atoms with van der Waals surface area (Å²) in [6.07, 6.45) is -4.41. The van der Waals surface area contributed by atoms with E-state index in [2.05, 4.69) is 15.3 Å². The second-order valence-corrected chi connectivity index (χ2v) is 8.31. The van der Waals surface area contributed by atoms with Gasteiger partial charge in [0.1, 0.15) is 10.7 Å². The number of aliphatic hydroxyl groups is 1. The number of alkyl halides is 3. The highest BCUT2D eigenvalue weighted by Crippen LogP contribution is 2.31. The lowest BCUT2D eigenvalue weighted by atomic mass is 9.96. The Morgan fingerprint density at radius 3 is 2.43 bits per heavy atom. The van der Waals surface area contributed by atoms with Gasteiger partial charge in [-0.15, -0.1) is 11.3 Å². The molecule has 0 bridgehead atoms. The topological polar surface area (TPSA) is 104 Å². The highest BCUT2D eigenvalue weighted by molar-refractivity contribution is 7.09. The van der Waals surface area contributed by atoms with Gasteiger partial charge in [0, 0.05) is 16.6 Å². The van der Waals surface area contributed by atoms with Crippen LogP contribution in [0.2, 0.25) is 0 Å². The first-order valence-corrected chi connectivity index (χ1v) is 9.88. The molecular formula is C20H21F3N4O2S. The molecule has 0 saturated carbocycles. The van der Waals surface area contributed by atoms with Crippen LogP contribution in [0, 0.1) is 0 Å². The molecule has 10 heteroatoms. The van der Waals surface area contributed by atoms with E-state index in [0.717, 1.165) is 12.1 Å². The van der Waals surface area contributed by atoms with Crippen LogP contribution < -0.4 is 11.1 Å². The van der Waals surface area contributed by atoms with Gasteiger partial charge in [-0.2, -0.15) is 13.2 Å². The van der Waals surface area contributed by atoms with Crippen LogP contribution >= 0.6 is 11.3 Å². The third-order valence-corrected chi connectivity index (χ3v) is 5.41. The van der Waals surface area contributed by atoms with E-state index >= 15 is 0 Å². The Morgan fingerprint density at radius 2 is 1.90 bits per heavy atom. The van der Waals surface area contributed by atoms with Gasteiger partial charge >= 0.3 is 6.18 Å². The first kappa shape index (κ1) is 22.0. The molecule has 0 spiro atoms. The second kappa shape index (κ2) is 8.21. The number of thiazole rings is 1. The van der Waals surface area contributed by atoms with Crippen molar-refractivity contribution >= 4 is 17.2 Å². The Labute approximate surface area is 175 Å². The van der Waals surface area contributed by atoms with E-state index in [1.54, 1.807) is 31.4 Å². The van der Waals surface area contributed by atoms with E-state index in [1.807, 2.05) is 0 Å². The fourth-order valence-electron chi connectivity index (χ4n) is 2.84. The first-order valence-electron chi connectivity index (χ1n) is 9.00. The van der Waals surface area contributed by atoms with E-state index in [1.165, 1.54) is 23.5 Å². The molecule has 0 fully saturated rings. The Kier molecular flexibility index (Phi) is 6.02. The molecule has 1 amide bonds. The van der Waals surface area contributed by atoms with Crippen LogP contribution in [0.5, 0.6) is 0 Å². The average Bonchev–Trinajstić information content (AvgIpc) is 3.34. The Bertz CT molecular complexity index is 1020. The van der Waals surface area contributed by atoms with E-state index in [9.17, 15) is 23.1 Å². The van der Waals surface area contributed by atoms with Crippen molar-refractivity contribution in [3.63, 3.8) is 0 Å². The number of H-pyrrole nitrogens is 1. The van der Waals surface area contributed by atoms with Crippen LogP contribution in [0.25, 0.3) is 11.3 Å². The summed E-state index contributed by atoms with van der Waals surface area (Å²) in [5.41, 5.74) is 6.40. The van der Waals surface area contributed by atoms with Crippen LogP contribution in [0.4, 0.5) is 13.2 Å². The van der Waals surface area contributed by atoms with Crippen molar-refractivity contribution in [1.29, 1.82) is 0 Å². The minimum absolute atomic E-state index is 0.213. The number of carbonyl (C=O) groups excluding carboxylic acids is 1. The number of hydrogen-bond donors (Lipinski definition) is 4. The number of nitrogens with two attached hydrogens (primary N) is 1. The molecule has 0 aliphatic rings. The number of nitrogens with zero attached hydrogens (tertiary/aromatic N) is 1. The third-order valence-electron chi connectivity index (χ3n) is 4.45. The molecule has 5 N–H and O–H groups in total. The molecule has 2 aromatic heterocycles. The molecular weight excluding hydrogens is 417 g/mol. The summed E-state index contributed by atoms with van der Waals surface area (Å²) in [7, 11) is 0. The van der Waals surface area contributed by atoms with Gasteiger partial charge in [0.2, 0.25) is 0 Å². The zero-order valence-electron chi connectivity index (χ0n) is 16.2. The molecule has 3 aromatic rings. The maximum Gasteiger partial charge on any atom is 0.416 e. The van der Waals surface area contributed by atoms with E-state index < -0.39 is 29.2 Å². The normalized spacial score (nSPS) is 13.3. The number of halogens is 3. The number of benzene rings is 1. The summed E-state index contributed by atoms with van der Waals surface area (Å²) >= 11 is 1.28. The van der Waals surface area contributed by atoms with Crippen LogP contribution in [0.1, 0.15) is 46.6 Å². The SMILES string of the molecule is CC(C)(N)[C@@H](NC(=O)c1ccc(-c2ccc(C(F)(F)F)cc2)[nH]1)c1nc(CO)cs1. The molecule has 1 atom stereocenters. The summed E-state index contributed by atoms with van der Waals surface area (Å²) in [6, 6.07) is 7.22. The predicted octanol–water partition coefficient (Wildman–Crippen LogP) is 3.86. The monoisotopic (exact) mass is 438 g/mol. The predicted molar refractivity (Wildman–Crippen MR) is 108 cm³/mol. The fourth-order valence-corrected chi connectivity index (χ4v) is 3.89. The molecule has 1 aromatic carbocycles. The number of nitrogens with one attached hydrogen (secondary N) is 2. The summed E-state index contributed by atoms with van der Waals surface area (Å²) in [5, 5.41) is 14.3. The van der Waals surface area contributed by atoms with Crippen molar-refractivity contribution < 1.29 is 23.1 Å². The molecule has 30 heavy (non-hydrogen) atoms. The lowest BCUT2D eigenvalue weighted by Gasteiger charge is -2.29. The molecule has 0 unspecified atom stereocenters. The maximum absolute atomic E-state index is 12.8. The van der Waals surface area contributed by atoms with E-state index in [4.69, 9.17) is 5.73 Å². The van der Waals surface area contributed by atoms with Gasteiger partial charge in [-0.05, 0) is 43.7 Å². The van der Waals surface area contributed by atoms with Crippen LogP contribution in [0.3, 0.4) is 0 Å². The van der Waals surface area contributed by atoms with Crippen molar-refractivity contribution in [2.75, 3.05) is 0 Å². The molecule has 0 aliphatic carbocycles. The summed E-state index contributed by atoms with van der Waals surface area (Å²) in [4.78, 5) is 20.0. The zero-order valence-corrected chi connectivity index (χ0v) is 17.1. The van der Waals surface area contributed by atoms with Crippen molar-refractivity contribution in [2.45, 2.75) is 38.2 Å². The lowest BCUT2D eigenvalue weighted by molar-refractivity contribution is -0.137. The second-order valence-electron chi connectivity index (χ2n) is 7.42. The van der Waals surface area contributed by atoms with Crippen molar-refractivity contribution in [1.82, 2.24) is 15.3 Å². The molecule has 2 heterocycles. The highest BCUT2D eigenvalue weighted by atomic mass is 32.1. The lowest BCUT2D eigenvalue weighted by Crippen LogP contribution is -2.48. The van der Waals surface area contributed by atoms with Crippen LogP contribution in [0.15, 0.2) is 41.8 Å². The number of amides is 1. The van der Waals surface area contributed by atoms with Crippen molar-refractivity contribution in [3.8, 4) is 11.3 Å². The highest BCUT2D eigenvalue weighted by Gasteiger charge is 2.32. The molecule has 0 saturated heterocycles. The van der Waals surface area contributed by atoms with Gasteiger partial charge in [0.15, 0.2) is 0 Å². The summed E-state index contributed by atoms with van der Waals surface area (Å²) < 4.78 is 38.2. The van der Waals surface area contributed by atoms with E-state index in [-0.39, 0.29) is 12.3 Å². The molecule has 3 rings (SSSR count). The smallest absolute Gasteiger partial charge is 0.390 e. The number of aliphatic hydroxyl groups excluding tert-OH is 1. The Hall–Kier alpha value is -2.69. The number of rotatable bonds is 6.